The van der Waals surface area contributed by atoms with Gasteiger partial charge in [-0.3, -0.25) is 14.9 Å². The van der Waals surface area contributed by atoms with Gasteiger partial charge < -0.3 is 10.1 Å². The van der Waals surface area contributed by atoms with Gasteiger partial charge in [0.25, 0.3) is 11.2 Å². The van der Waals surface area contributed by atoms with E-state index in [1.807, 2.05) is 0 Å². The largest absolute Gasteiger partial charge is 0.506 e. The summed E-state index contributed by atoms with van der Waals surface area (Å²) in [5.74, 6) is -0.315. The number of hydrogen-bond acceptors (Lipinski definition) is 4. The van der Waals surface area contributed by atoms with Gasteiger partial charge in [0.1, 0.15) is 5.75 Å². The SMILES string of the molecule is O=c1[nH]c2cc(Cl)ccc2c(O)c1-c1ccccc1[N+](=O)[O-]. The number of aromatic nitrogens is 1. The fourth-order valence-electron chi connectivity index (χ4n) is 2.35. The quantitative estimate of drug-likeness (QED) is 0.559. The Bertz CT molecular complexity index is 965. The van der Waals surface area contributed by atoms with Gasteiger partial charge in [0.05, 0.1) is 21.6 Å². The lowest BCUT2D eigenvalue weighted by atomic mass is 10.0. The topological polar surface area (TPSA) is 96.2 Å². The van der Waals surface area contributed by atoms with Crippen LogP contribution in [-0.4, -0.2) is 15.0 Å². The summed E-state index contributed by atoms with van der Waals surface area (Å²) >= 11 is 5.85. The van der Waals surface area contributed by atoms with Crippen molar-refractivity contribution in [3.8, 4) is 16.9 Å². The minimum absolute atomic E-state index is 0.0584. The van der Waals surface area contributed by atoms with Crippen LogP contribution < -0.4 is 5.56 Å². The maximum absolute atomic E-state index is 12.3. The lowest BCUT2D eigenvalue weighted by molar-refractivity contribution is -0.384. The molecule has 1 aromatic heterocycles. The maximum atomic E-state index is 12.3. The number of hydrogen-bond donors (Lipinski definition) is 2. The Morgan fingerprint density at radius 1 is 1.18 bits per heavy atom. The van der Waals surface area contributed by atoms with Gasteiger partial charge in [-0.05, 0) is 24.3 Å². The average molecular weight is 317 g/mol. The van der Waals surface area contributed by atoms with Crippen LogP contribution in [0.15, 0.2) is 47.3 Å². The van der Waals surface area contributed by atoms with Gasteiger partial charge in [-0.15, -0.1) is 0 Å². The summed E-state index contributed by atoms with van der Waals surface area (Å²) in [7, 11) is 0. The molecule has 6 nitrogen and oxygen atoms in total. The molecule has 110 valence electrons. The Morgan fingerprint density at radius 3 is 2.64 bits per heavy atom. The highest BCUT2D eigenvalue weighted by Crippen LogP contribution is 2.36. The van der Waals surface area contributed by atoms with Crippen LogP contribution in [0.3, 0.4) is 0 Å². The molecule has 3 rings (SSSR count). The summed E-state index contributed by atoms with van der Waals surface area (Å²) in [4.78, 5) is 25.4. The highest BCUT2D eigenvalue weighted by atomic mass is 35.5. The zero-order chi connectivity index (χ0) is 15.9. The van der Waals surface area contributed by atoms with E-state index in [0.717, 1.165) is 0 Å². The minimum Gasteiger partial charge on any atom is -0.506 e. The molecule has 3 aromatic rings. The first-order valence-corrected chi connectivity index (χ1v) is 6.65. The van der Waals surface area contributed by atoms with Gasteiger partial charge in [-0.1, -0.05) is 23.7 Å². The molecule has 0 bridgehead atoms. The molecule has 0 amide bonds. The van der Waals surface area contributed by atoms with Gasteiger partial charge in [0, 0.05) is 16.5 Å². The summed E-state index contributed by atoms with van der Waals surface area (Å²) in [6, 6.07) is 10.4. The molecule has 0 spiro atoms. The second-order valence-corrected chi connectivity index (χ2v) is 5.08. The lowest BCUT2D eigenvalue weighted by Gasteiger charge is -2.08. The summed E-state index contributed by atoms with van der Waals surface area (Å²) in [6.45, 7) is 0. The summed E-state index contributed by atoms with van der Waals surface area (Å²) in [5, 5.41) is 22.3. The van der Waals surface area contributed by atoms with Crippen molar-refractivity contribution < 1.29 is 10.0 Å². The second kappa shape index (κ2) is 5.16. The molecule has 2 aromatic carbocycles. The third-order valence-electron chi connectivity index (χ3n) is 3.32. The van der Waals surface area contributed by atoms with Gasteiger partial charge in [0.15, 0.2) is 0 Å². The standard InChI is InChI=1S/C15H9ClN2O4/c16-8-5-6-9-11(7-8)17-15(20)13(14(9)19)10-3-1-2-4-12(10)18(21)22/h1-7H,(H2,17,19,20). The monoisotopic (exact) mass is 316 g/mol. The number of aromatic amines is 1. The number of nitrogens with zero attached hydrogens (tertiary/aromatic N) is 1. The van der Waals surface area contributed by atoms with Crippen molar-refractivity contribution in [3.05, 3.63) is 68.0 Å². The second-order valence-electron chi connectivity index (χ2n) is 4.64. The van der Waals surface area contributed by atoms with E-state index in [4.69, 9.17) is 11.6 Å². The molecule has 2 N–H and O–H groups in total. The van der Waals surface area contributed by atoms with Crippen LogP contribution in [0.4, 0.5) is 5.69 Å². The molecule has 0 radical (unpaired) electrons. The number of rotatable bonds is 2. The molecule has 1 heterocycles. The molecule has 0 unspecified atom stereocenters. The zero-order valence-electron chi connectivity index (χ0n) is 11.0. The number of nitrogens with one attached hydrogen (secondary N) is 1. The number of fused-ring (bicyclic) bond motifs is 1. The Labute approximate surface area is 128 Å². The van der Waals surface area contributed by atoms with Crippen LogP contribution in [0.5, 0.6) is 5.75 Å². The first kappa shape index (κ1) is 14.1. The lowest BCUT2D eigenvalue weighted by Crippen LogP contribution is -2.10. The molecule has 0 aliphatic heterocycles. The predicted octanol–water partition coefficient (Wildman–Crippen LogP) is 3.46. The van der Waals surface area contributed by atoms with Crippen molar-refractivity contribution in [2.24, 2.45) is 0 Å². The van der Waals surface area contributed by atoms with E-state index in [9.17, 15) is 20.0 Å². The number of halogens is 1. The van der Waals surface area contributed by atoms with Crippen LogP contribution >= 0.6 is 11.6 Å². The van der Waals surface area contributed by atoms with Gasteiger partial charge in [0.2, 0.25) is 0 Å². The summed E-state index contributed by atoms with van der Waals surface area (Å²) < 4.78 is 0. The summed E-state index contributed by atoms with van der Waals surface area (Å²) in [5.41, 5.74) is -0.597. The minimum atomic E-state index is -0.624. The molecule has 0 atom stereocenters. The fourth-order valence-corrected chi connectivity index (χ4v) is 2.52. The van der Waals surface area contributed by atoms with Crippen molar-refractivity contribution in [1.82, 2.24) is 4.98 Å². The smallest absolute Gasteiger partial charge is 0.277 e. The average Bonchev–Trinajstić information content (AvgIpc) is 2.47. The van der Waals surface area contributed by atoms with Crippen molar-refractivity contribution in [2.45, 2.75) is 0 Å². The number of H-pyrrole nitrogens is 1. The van der Waals surface area contributed by atoms with Crippen molar-refractivity contribution in [2.75, 3.05) is 0 Å². The fraction of sp³-hybridized carbons (Fsp3) is 0. The van der Waals surface area contributed by atoms with Crippen molar-refractivity contribution >= 4 is 28.2 Å². The number of nitro benzene ring substituents is 1. The van der Waals surface area contributed by atoms with E-state index >= 15 is 0 Å². The van der Waals surface area contributed by atoms with E-state index in [1.165, 1.54) is 24.3 Å². The molecule has 0 fully saturated rings. The highest BCUT2D eigenvalue weighted by molar-refractivity contribution is 6.31. The van der Waals surface area contributed by atoms with Crippen LogP contribution in [-0.2, 0) is 0 Å². The third kappa shape index (κ3) is 2.19. The molecule has 0 saturated heterocycles. The molecule has 0 saturated carbocycles. The molecule has 7 heteroatoms. The van der Waals surface area contributed by atoms with Crippen LogP contribution in [0.25, 0.3) is 22.0 Å². The first-order chi connectivity index (χ1) is 10.5. The maximum Gasteiger partial charge on any atom is 0.277 e. The van der Waals surface area contributed by atoms with E-state index in [1.54, 1.807) is 18.2 Å². The van der Waals surface area contributed by atoms with Gasteiger partial charge in [-0.2, -0.15) is 0 Å². The first-order valence-electron chi connectivity index (χ1n) is 6.27. The molecule has 0 aliphatic carbocycles. The number of nitro groups is 1. The normalized spacial score (nSPS) is 10.8. The predicted molar refractivity (Wildman–Crippen MR) is 83.3 cm³/mol. The van der Waals surface area contributed by atoms with Crippen molar-refractivity contribution in [1.29, 1.82) is 0 Å². The zero-order valence-corrected chi connectivity index (χ0v) is 11.8. The van der Waals surface area contributed by atoms with Gasteiger partial charge in [-0.25, -0.2) is 0 Å². The number of aromatic hydroxyl groups is 1. The Hall–Kier alpha value is -2.86. The molecule has 0 aliphatic rings. The Kier molecular flexibility index (Phi) is 3.30. The van der Waals surface area contributed by atoms with E-state index in [0.29, 0.717) is 15.9 Å². The van der Waals surface area contributed by atoms with Crippen LogP contribution in [0.1, 0.15) is 0 Å². The van der Waals surface area contributed by atoms with E-state index in [-0.39, 0.29) is 22.6 Å². The molecular formula is C15H9ClN2O4. The summed E-state index contributed by atoms with van der Waals surface area (Å²) in [6.07, 6.45) is 0. The highest BCUT2D eigenvalue weighted by Gasteiger charge is 2.21. The molecular weight excluding hydrogens is 308 g/mol. The van der Waals surface area contributed by atoms with Crippen LogP contribution in [0.2, 0.25) is 5.02 Å². The van der Waals surface area contributed by atoms with Crippen molar-refractivity contribution in [3.63, 3.8) is 0 Å². The molecule has 22 heavy (non-hydrogen) atoms. The van der Waals surface area contributed by atoms with Crippen LogP contribution in [0, 0.1) is 10.1 Å². The number of pyridine rings is 1. The Balaban J connectivity index is 2.40. The number of para-hydroxylation sites is 1. The van der Waals surface area contributed by atoms with E-state index in [2.05, 4.69) is 4.98 Å². The number of benzene rings is 2. The Morgan fingerprint density at radius 2 is 1.91 bits per heavy atom. The van der Waals surface area contributed by atoms with E-state index < -0.39 is 10.5 Å². The third-order valence-corrected chi connectivity index (χ3v) is 3.55. The van der Waals surface area contributed by atoms with Gasteiger partial charge >= 0.3 is 0 Å².